The topological polar surface area (TPSA) is 64.0 Å². The van der Waals surface area contributed by atoms with Crippen molar-refractivity contribution < 1.29 is 8.42 Å². The van der Waals surface area contributed by atoms with Crippen molar-refractivity contribution in [2.24, 2.45) is 0 Å². The van der Waals surface area contributed by atoms with E-state index in [1.165, 1.54) is 0 Å². The number of imidazole rings is 1. The molecule has 0 bridgehead atoms. The van der Waals surface area contributed by atoms with Crippen LogP contribution in [0.2, 0.25) is 0 Å². The first-order valence-electron chi connectivity index (χ1n) is 9.78. The van der Waals surface area contributed by atoms with E-state index in [4.69, 9.17) is 4.98 Å². The van der Waals surface area contributed by atoms with Gasteiger partial charge in [0.1, 0.15) is 5.82 Å². The highest BCUT2D eigenvalue weighted by molar-refractivity contribution is 9.10. The molecule has 0 saturated heterocycles. The molecule has 1 heterocycles. The van der Waals surface area contributed by atoms with Crippen LogP contribution in [0.3, 0.4) is 0 Å². The van der Waals surface area contributed by atoms with Crippen LogP contribution in [-0.4, -0.2) is 18.0 Å². The van der Waals surface area contributed by atoms with E-state index in [-0.39, 0.29) is 4.90 Å². The van der Waals surface area contributed by atoms with E-state index in [1.807, 2.05) is 30.3 Å². The van der Waals surface area contributed by atoms with E-state index in [0.717, 1.165) is 46.3 Å². The molecule has 1 N–H and O–H groups in total. The van der Waals surface area contributed by atoms with E-state index in [9.17, 15) is 8.42 Å². The third kappa shape index (κ3) is 4.42. The zero-order valence-corrected chi connectivity index (χ0v) is 18.9. The Balaban J connectivity index is 1.45. The highest BCUT2D eigenvalue weighted by Gasteiger charge is 2.14. The van der Waals surface area contributed by atoms with Crippen LogP contribution < -0.4 is 4.72 Å². The summed E-state index contributed by atoms with van der Waals surface area (Å²) in [5, 5.41) is 0. The average molecular weight is 484 g/mol. The van der Waals surface area contributed by atoms with Gasteiger partial charge in [-0.25, -0.2) is 13.4 Å². The molecule has 3 aromatic carbocycles. The smallest absolute Gasteiger partial charge is 0.261 e. The standard InChI is InChI=1S/C23H22BrN3O2S/c1-2-27-22-6-4-3-5-21(22)25-23(27)16-9-17-7-12-19(13-8-17)26-30(28,29)20-14-10-18(24)11-15-20/h3-8,10-15,26H,2,9,16H2,1H3. The van der Waals surface area contributed by atoms with Crippen LogP contribution in [0.5, 0.6) is 0 Å². The molecule has 0 amide bonds. The van der Waals surface area contributed by atoms with Crippen molar-refractivity contribution >= 4 is 42.7 Å². The Morgan fingerprint density at radius 3 is 2.33 bits per heavy atom. The third-order valence-electron chi connectivity index (χ3n) is 5.02. The number of aryl methyl sites for hydroxylation is 3. The zero-order valence-electron chi connectivity index (χ0n) is 16.5. The van der Waals surface area contributed by atoms with Gasteiger partial charge in [0, 0.05) is 23.1 Å². The van der Waals surface area contributed by atoms with Crippen molar-refractivity contribution in [1.29, 1.82) is 0 Å². The lowest BCUT2D eigenvalue weighted by atomic mass is 10.1. The summed E-state index contributed by atoms with van der Waals surface area (Å²) in [7, 11) is -3.61. The summed E-state index contributed by atoms with van der Waals surface area (Å²) in [4.78, 5) is 5.00. The maximum atomic E-state index is 12.5. The Morgan fingerprint density at radius 2 is 1.63 bits per heavy atom. The summed E-state index contributed by atoms with van der Waals surface area (Å²) in [5.41, 5.74) is 3.86. The molecule has 4 rings (SSSR count). The van der Waals surface area contributed by atoms with Gasteiger partial charge in [-0.2, -0.15) is 0 Å². The molecule has 0 aliphatic rings. The van der Waals surface area contributed by atoms with Crippen molar-refractivity contribution in [1.82, 2.24) is 9.55 Å². The number of nitrogens with zero attached hydrogens (tertiary/aromatic N) is 2. The van der Waals surface area contributed by atoms with Crippen molar-refractivity contribution in [3.8, 4) is 0 Å². The number of hydrogen-bond acceptors (Lipinski definition) is 3. The van der Waals surface area contributed by atoms with Gasteiger partial charge < -0.3 is 4.57 Å². The van der Waals surface area contributed by atoms with Crippen molar-refractivity contribution in [2.75, 3.05) is 4.72 Å². The number of halogens is 1. The SMILES string of the molecule is CCn1c(CCc2ccc(NS(=O)(=O)c3ccc(Br)cc3)cc2)nc2ccccc21. The van der Waals surface area contributed by atoms with Gasteiger partial charge in [-0.3, -0.25) is 4.72 Å². The van der Waals surface area contributed by atoms with E-state index in [0.29, 0.717) is 5.69 Å². The molecular formula is C23H22BrN3O2S. The third-order valence-corrected chi connectivity index (χ3v) is 6.94. The number of hydrogen-bond donors (Lipinski definition) is 1. The van der Waals surface area contributed by atoms with Crippen LogP contribution in [-0.2, 0) is 29.4 Å². The van der Waals surface area contributed by atoms with Crippen LogP contribution >= 0.6 is 15.9 Å². The van der Waals surface area contributed by atoms with Gasteiger partial charge in [-0.05, 0) is 67.4 Å². The summed E-state index contributed by atoms with van der Waals surface area (Å²) in [6.45, 7) is 3.01. The average Bonchev–Trinajstić information content (AvgIpc) is 3.11. The summed E-state index contributed by atoms with van der Waals surface area (Å²) < 4.78 is 30.8. The molecule has 0 atom stereocenters. The molecule has 0 spiro atoms. The molecular weight excluding hydrogens is 462 g/mol. The Morgan fingerprint density at radius 1 is 0.933 bits per heavy atom. The molecule has 0 radical (unpaired) electrons. The van der Waals surface area contributed by atoms with Gasteiger partial charge in [0.2, 0.25) is 0 Å². The van der Waals surface area contributed by atoms with E-state index >= 15 is 0 Å². The van der Waals surface area contributed by atoms with Gasteiger partial charge in [0.15, 0.2) is 0 Å². The minimum absolute atomic E-state index is 0.230. The van der Waals surface area contributed by atoms with Crippen molar-refractivity contribution in [3.05, 3.63) is 88.7 Å². The Kier molecular flexibility index (Phi) is 5.92. The molecule has 30 heavy (non-hydrogen) atoms. The monoisotopic (exact) mass is 483 g/mol. The fourth-order valence-corrected chi connectivity index (χ4v) is 4.82. The molecule has 5 nitrogen and oxygen atoms in total. The highest BCUT2D eigenvalue weighted by atomic mass is 79.9. The number of sulfonamides is 1. The molecule has 0 aliphatic heterocycles. The van der Waals surface area contributed by atoms with Crippen molar-refractivity contribution in [3.63, 3.8) is 0 Å². The fraction of sp³-hybridized carbons (Fsp3) is 0.174. The van der Waals surface area contributed by atoms with E-state index < -0.39 is 10.0 Å². The van der Waals surface area contributed by atoms with E-state index in [1.54, 1.807) is 36.4 Å². The number of nitrogens with one attached hydrogen (secondary N) is 1. The van der Waals surface area contributed by atoms with Crippen LogP contribution in [0.1, 0.15) is 18.3 Å². The number of aromatic nitrogens is 2. The molecule has 0 unspecified atom stereocenters. The summed E-state index contributed by atoms with van der Waals surface area (Å²) in [6, 6.07) is 22.3. The quantitative estimate of drug-likeness (QED) is 0.382. The molecule has 4 aromatic rings. The van der Waals surface area contributed by atoms with Crippen molar-refractivity contribution in [2.45, 2.75) is 31.2 Å². The first-order valence-corrected chi connectivity index (χ1v) is 12.1. The van der Waals surface area contributed by atoms with Gasteiger partial charge in [0.25, 0.3) is 10.0 Å². The number of fused-ring (bicyclic) bond motifs is 1. The predicted molar refractivity (Wildman–Crippen MR) is 124 cm³/mol. The molecule has 0 saturated carbocycles. The van der Waals surface area contributed by atoms with Gasteiger partial charge in [-0.1, -0.05) is 40.2 Å². The Labute approximate surface area is 185 Å². The zero-order chi connectivity index (χ0) is 21.1. The largest absolute Gasteiger partial charge is 0.328 e. The van der Waals surface area contributed by atoms with Gasteiger partial charge in [-0.15, -0.1) is 0 Å². The number of rotatable bonds is 7. The fourth-order valence-electron chi connectivity index (χ4n) is 3.49. The molecule has 7 heteroatoms. The van der Waals surface area contributed by atoms with Crippen LogP contribution in [0.25, 0.3) is 11.0 Å². The molecule has 154 valence electrons. The lowest BCUT2D eigenvalue weighted by molar-refractivity contribution is 0.601. The van der Waals surface area contributed by atoms with Crippen LogP contribution in [0, 0.1) is 0 Å². The summed E-state index contributed by atoms with van der Waals surface area (Å²) >= 11 is 3.32. The van der Waals surface area contributed by atoms with Crippen LogP contribution in [0.4, 0.5) is 5.69 Å². The second kappa shape index (κ2) is 8.62. The molecule has 1 aromatic heterocycles. The Hall–Kier alpha value is -2.64. The van der Waals surface area contributed by atoms with Crippen LogP contribution in [0.15, 0.2) is 82.2 Å². The number of para-hydroxylation sites is 2. The minimum atomic E-state index is -3.61. The summed E-state index contributed by atoms with van der Waals surface area (Å²) in [5.74, 6) is 1.07. The maximum absolute atomic E-state index is 12.5. The number of benzene rings is 3. The lowest BCUT2D eigenvalue weighted by Crippen LogP contribution is -2.12. The normalized spacial score (nSPS) is 11.7. The van der Waals surface area contributed by atoms with E-state index in [2.05, 4.69) is 38.2 Å². The highest BCUT2D eigenvalue weighted by Crippen LogP contribution is 2.20. The first kappa shape index (κ1) is 20.6. The lowest BCUT2D eigenvalue weighted by Gasteiger charge is -2.09. The van der Waals surface area contributed by atoms with Gasteiger partial charge >= 0.3 is 0 Å². The molecule has 0 aliphatic carbocycles. The molecule has 0 fully saturated rings. The second-order valence-corrected chi connectivity index (χ2v) is 9.62. The first-order chi connectivity index (χ1) is 14.5. The number of anilines is 1. The van der Waals surface area contributed by atoms with Gasteiger partial charge in [0.05, 0.1) is 15.9 Å². The summed E-state index contributed by atoms with van der Waals surface area (Å²) in [6.07, 6.45) is 1.66. The Bertz CT molecular complexity index is 1260. The second-order valence-electron chi connectivity index (χ2n) is 7.02. The predicted octanol–water partition coefficient (Wildman–Crippen LogP) is 5.40. The maximum Gasteiger partial charge on any atom is 0.261 e. The minimum Gasteiger partial charge on any atom is -0.328 e.